The van der Waals surface area contributed by atoms with E-state index < -0.39 is 10.0 Å². The molecule has 0 aromatic carbocycles. The predicted molar refractivity (Wildman–Crippen MR) is 88.4 cm³/mol. The number of nitrogens with zero attached hydrogens (tertiary/aromatic N) is 1. The van der Waals surface area contributed by atoms with E-state index in [9.17, 15) is 8.42 Å². The monoisotopic (exact) mass is 330 g/mol. The normalized spacial score (nSPS) is 16.0. The third kappa shape index (κ3) is 4.52. The highest BCUT2D eigenvalue weighted by Crippen LogP contribution is 2.34. The van der Waals surface area contributed by atoms with Crippen LogP contribution in [-0.4, -0.2) is 37.9 Å². The van der Waals surface area contributed by atoms with E-state index in [1.807, 2.05) is 13.0 Å². The fourth-order valence-electron chi connectivity index (χ4n) is 2.31. The van der Waals surface area contributed by atoms with Gasteiger partial charge in [-0.2, -0.15) is 4.31 Å². The smallest absolute Gasteiger partial charge is 0.252 e. The van der Waals surface area contributed by atoms with Crippen LogP contribution in [0.2, 0.25) is 0 Å². The molecule has 1 aliphatic carbocycles. The molecule has 4 nitrogen and oxygen atoms in total. The molecule has 0 unspecified atom stereocenters. The van der Waals surface area contributed by atoms with Crippen LogP contribution in [0.1, 0.15) is 44.9 Å². The van der Waals surface area contributed by atoms with Crippen molar-refractivity contribution < 1.29 is 8.42 Å². The van der Waals surface area contributed by atoms with Crippen molar-refractivity contribution in [3.63, 3.8) is 0 Å². The lowest BCUT2D eigenvalue weighted by Gasteiger charge is -2.20. The summed E-state index contributed by atoms with van der Waals surface area (Å²) in [7, 11) is -3.29. The van der Waals surface area contributed by atoms with Crippen LogP contribution in [0, 0.1) is 0 Å². The molecule has 6 heteroatoms. The van der Waals surface area contributed by atoms with Gasteiger partial charge in [-0.25, -0.2) is 8.42 Å². The van der Waals surface area contributed by atoms with Gasteiger partial charge in [0.1, 0.15) is 4.21 Å². The zero-order valence-corrected chi connectivity index (χ0v) is 14.8. The zero-order valence-electron chi connectivity index (χ0n) is 13.1. The lowest BCUT2D eigenvalue weighted by Crippen LogP contribution is -2.33. The molecule has 1 N–H and O–H groups in total. The summed E-state index contributed by atoms with van der Waals surface area (Å²) in [5.41, 5.74) is 0. The van der Waals surface area contributed by atoms with Gasteiger partial charge in [0.15, 0.2) is 0 Å². The number of hydrogen-bond acceptors (Lipinski definition) is 4. The Hall–Kier alpha value is -0.430. The van der Waals surface area contributed by atoms with E-state index in [4.69, 9.17) is 0 Å². The van der Waals surface area contributed by atoms with Crippen molar-refractivity contribution in [1.82, 2.24) is 9.62 Å². The molecule has 0 radical (unpaired) electrons. The molecule has 21 heavy (non-hydrogen) atoms. The molecule has 0 amide bonds. The predicted octanol–water partition coefficient (Wildman–Crippen LogP) is 2.85. The van der Waals surface area contributed by atoms with Crippen LogP contribution in [0.5, 0.6) is 0 Å². The topological polar surface area (TPSA) is 49.4 Å². The minimum Gasteiger partial charge on any atom is -0.314 e. The molecule has 1 aromatic rings. The van der Waals surface area contributed by atoms with Crippen molar-refractivity contribution in [2.75, 3.05) is 13.1 Å². The third-order valence-corrected chi connectivity index (χ3v) is 7.09. The first kappa shape index (κ1) is 16.9. The van der Waals surface area contributed by atoms with E-state index in [2.05, 4.69) is 19.2 Å². The highest BCUT2D eigenvalue weighted by molar-refractivity contribution is 7.91. The number of hydrogen-bond donors (Lipinski definition) is 1. The van der Waals surface area contributed by atoms with Gasteiger partial charge >= 0.3 is 0 Å². The van der Waals surface area contributed by atoms with Gasteiger partial charge in [-0.3, -0.25) is 0 Å². The van der Waals surface area contributed by atoms with Crippen LogP contribution in [0.25, 0.3) is 0 Å². The average Bonchev–Trinajstić information content (AvgIpc) is 3.13. The molecular weight excluding hydrogens is 304 g/mol. The van der Waals surface area contributed by atoms with Crippen molar-refractivity contribution >= 4 is 21.4 Å². The fourth-order valence-corrected chi connectivity index (χ4v) is 5.57. The van der Waals surface area contributed by atoms with Gasteiger partial charge in [-0.05, 0) is 37.8 Å². The van der Waals surface area contributed by atoms with Crippen LogP contribution >= 0.6 is 11.3 Å². The number of rotatable bonds is 9. The molecule has 0 bridgehead atoms. The van der Waals surface area contributed by atoms with E-state index >= 15 is 0 Å². The first-order valence-corrected chi connectivity index (χ1v) is 10.0. The van der Waals surface area contributed by atoms with Crippen LogP contribution in [-0.2, 0) is 16.4 Å². The molecule has 120 valence electrons. The first-order chi connectivity index (χ1) is 9.95. The van der Waals surface area contributed by atoms with Gasteiger partial charge in [-0.1, -0.05) is 20.8 Å². The summed E-state index contributed by atoms with van der Waals surface area (Å²) >= 11 is 1.42. The van der Waals surface area contributed by atoms with Crippen LogP contribution in [0.15, 0.2) is 16.3 Å². The lowest BCUT2D eigenvalue weighted by molar-refractivity contribution is 0.404. The highest BCUT2D eigenvalue weighted by Gasteiger charge is 2.37. The molecule has 0 saturated heterocycles. The van der Waals surface area contributed by atoms with Crippen LogP contribution in [0.3, 0.4) is 0 Å². The highest BCUT2D eigenvalue weighted by atomic mass is 32.2. The summed E-state index contributed by atoms with van der Waals surface area (Å²) in [4.78, 5) is 1.13. The van der Waals surface area contributed by atoms with Gasteiger partial charge in [-0.15, -0.1) is 11.3 Å². The molecule has 1 fully saturated rings. The number of nitrogens with one attached hydrogen (secondary N) is 1. The second-order valence-corrected chi connectivity index (χ2v) is 9.21. The molecule has 0 atom stereocenters. The van der Waals surface area contributed by atoms with Crippen molar-refractivity contribution in [3.05, 3.63) is 17.0 Å². The van der Waals surface area contributed by atoms with Crippen molar-refractivity contribution in [3.8, 4) is 0 Å². The van der Waals surface area contributed by atoms with Crippen molar-refractivity contribution in [2.45, 2.75) is 62.7 Å². The Morgan fingerprint density at radius 3 is 2.67 bits per heavy atom. The SMILES string of the molecule is CCCN(C1CC1)S(=O)(=O)c1ccc(CCNC(C)C)s1. The maximum absolute atomic E-state index is 12.7. The lowest BCUT2D eigenvalue weighted by atomic mass is 10.3. The number of sulfonamides is 1. The average molecular weight is 331 g/mol. The van der Waals surface area contributed by atoms with Gasteiger partial charge < -0.3 is 5.32 Å². The first-order valence-electron chi connectivity index (χ1n) is 7.79. The van der Waals surface area contributed by atoms with E-state index in [0.29, 0.717) is 16.8 Å². The molecule has 0 spiro atoms. The van der Waals surface area contributed by atoms with Gasteiger partial charge in [0, 0.05) is 30.1 Å². The maximum atomic E-state index is 12.7. The standard InChI is InChI=1S/C15H26N2O2S2/c1-4-11-17(13-5-6-13)21(18,19)15-8-7-14(20-15)9-10-16-12(2)3/h7-8,12-13,16H,4-6,9-11H2,1-3H3. The second kappa shape index (κ2) is 7.22. The third-order valence-electron chi connectivity index (χ3n) is 3.52. The van der Waals surface area contributed by atoms with E-state index in [0.717, 1.165) is 37.1 Å². The summed E-state index contributed by atoms with van der Waals surface area (Å²) in [6.07, 6.45) is 3.77. The quantitative estimate of drug-likeness (QED) is 0.757. The second-order valence-electron chi connectivity index (χ2n) is 5.93. The molecule has 2 rings (SSSR count). The van der Waals surface area contributed by atoms with Gasteiger partial charge in [0.25, 0.3) is 10.0 Å². The Balaban J connectivity index is 2.04. The van der Waals surface area contributed by atoms with Crippen molar-refractivity contribution in [2.24, 2.45) is 0 Å². The zero-order chi connectivity index (χ0) is 15.5. The molecular formula is C15H26N2O2S2. The van der Waals surface area contributed by atoms with E-state index in [1.54, 1.807) is 10.4 Å². The summed E-state index contributed by atoms with van der Waals surface area (Å²) in [5, 5.41) is 3.36. The number of thiophene rings is 1. The molecule has 1 saturated carbocycles. The maximum Gasteiger partial charge on any atom is 0.252 e. The Morgan fingerprint density at radius 2 is 2.10 bits per heavy atom. The minimum absolute atomic E-state index is 0.239. The summed E-state index contributed by atoms with van der Waals surface area (Å²) in [6.45, 7) is 7.78. The Kier molecular flexibility index (Phi) is 5.82. The Labute approximate surface area is 132 Å². The summed E-state index contributed by atoms with van der Waals surface area (Å²) in [6, 6.07) is 4.43. The molecule has 1 aliphatic rings. The molecule has 0 aliphatic heterocycles. The summed E-state index contributed by atoms with van der Waals surface area (Å²) < 4.78 is 27.6. The van der Waals surface area contributed by atoms with Gasteiger partial charge in [0.2, 0.25) is 0 Å². The molecule has 1 heterocycles. The van der Waals surface area contributed by atoms with Crippen LogP contribution < -0.4 is 5.32 Å². The Bertz CT molecular complexity index is 548. The largest absolute Gasteiger partial charge is 0.314 e. The van der Waals surface area contributed by atoms with Crippen molar-refractivity contribution in [1.29, 1.82) is 0 Å². The molecule has 1 aromatic heterocycles. The van der Waals surface area contributed by atoms with Crippen LogP contribution in [0.4, 0.5) is 0 Å². The fraction of sp³-hybridized carbons (Fsp3) is 0.733. The summed E-state index contributed by atoms with van der Waals surface area (Å²) in [5.74, 6) is 0. The minimum atomic E-state index is -3.29. The van der Waals surface area contributed by atoms with E-state index in [1.165, 1.54) is 11.3 Å². The van der Waals surface area contributed by atoms with E-state index in [-0.39, 0.29) is 6.04 Å². The van der Waals surface area contributed by atoms with Gasteiger partial charge in [0.05, 0.1) is 0 Å². The Morgan fingerprint density at radius 1 is 1.38 bits per heavy atom.